The number of para-hydroxylation sites is 4. The van der Waals surface area contributed by atoms with Crippen molar-refractivity contribution in [2.75, 3.05) is 21.7 Å². The summed E-state index contributed by atoms with van der Waals surface area (Å²) in [5.41, 5.74) is 23.5. The van der Waals surface area contributed by atoms with E-state index < -0.39 is 0 Å². The Kier molecular flexibility index (Phi) is 8.68. The van der Waals surface area contributed by atoms with Crippen molar-refractivity contribution in [2.45, 2.75) is 59.8 Å². The number of nitrogens with zero attached hydrogens (tertiary/aromatic N) is 4. The maximum atomic E-state index is 3.81. The van der Waals surface area contributed by atoms with Crippen molar-refractivity contribution in [2.24, 2.45) is 0 Å². The van der Waals surface area contributed by atoms with E-state index in [0.717, 1.165) is 31.5 Å². The summed E-state index contributed by atoms with van der Waals surface area (Å²) in [5.74, 6) is 0. The van der Waals surface area contributed by atoms with Gasteiger partial charge in [0.05, 0.1) is 0 Å². The maximum absolute atomic E-state index is 3.81. The van der Waals surface area contributed by atoms with Crippen LogP contribution in [0.25, 0.3) is 54.7 Å². The largest absolute Gasteiger partial charge is 0.385 e. The predicted molar refractivity (Wildman–Crippen MR) is 281 cm³/mol. The molecule has 8 aromatic carbocycles. The number of anilines is 7. The van der Waals surface area contributed by atoms with Gasteiger partial charge in [-0.1, -0.05) is 132 Å². The Bertz CT molecular complexity index is 3550. The summed E-state index contributed by atoms with van der Waals surface area (Å²) in [6.07, 6.45) is 5.69. The molecular weight excluding hydrogens is 788 g/mol. The van der Waals surface area contributed by atoms with Crippen LogP contribution in [-0.4, -0.2) is 29.2 Å². The molecule has 314 valence electrons. The second kappa shape index (κ2) is 14.7. The molecule has 10 aromatic rings. The molecule has 0 atom stereocenters. The highest BCUT2D eigenvalue weighted by Gasteiger charge is 2.51. The van der Waals surface area contributed by atoms with Crippen LogP contribution in [0.15, 0.2) is 158 Å². The predicted octanol–water partition coefficient (Wildman–Crippen LogP) is 12.7. The second-order valence-electron chi connectivity index (χ2n) is 18.1. The number of hydrogen-bond acceptors (Lipinski definition) is 3. The van der Waals surface area contributed by atoms with Crippen LogP contribution in [0.4, 0.5) is 39.8 Å². The summed E-state index contributed by atoms with van der Waals surface area (Å²) in [7, 11) is 0. The highest BCUT2D eigenvalue weighted by Crippen LogP contribution is 2.53. The molecule has 0 bridgehead atoms. The molecule has 4 aliphatic rings. The van der Waals surface area contributed by atoms with E-state index in [1.807, 2.05) is 13.8 Å². The summed E-state index contributed by atoms with van der Waals surface area (Å²) >= 11 is 0. The van der Waals surface area contributed by atoms with Gasteiger partial charge in [-0.05, 0) is 119 Å². The lowest BCUT2D eigenvalue weighted by molar-refractivity contribution is 0.795. The molecule has 4 aliphatic heterocycles. The SMILES string of the molecule is CC.CCCCNc1ccc2c(c1)N(c1ccccc1)c1cc3c4c5c1B2n1c2ccccc2c2cc6c7ccccc7n(c6c-5c21)B4c1ccc(CCCC)cc1N3c1ccccc1. The summed E-state index contributed by atoms with van der Waals surface area (Å²) in [4.78, 5) is 5.20. The third-order valence-electron chi connectivity index (χ3n) is 14.7. The minimum Gasteiger partial charge on any atom is -0.385 e. The molecule has 6 heterocycles. The van der Waals surface area contributed by atoms with Crippen molar-refractivity contribution in [3.8, 4) is 11.1 Å². The first-order chi connectivity index (χ1) is 32.2. The van der Waals surface area contributed by atoms with Gasteiger partial charge in [-0.3, -0.25) is 0 Å². The van der Waals surface area contributed by atoms with E-state index in [1.165, 1.54) is 129 Å². The van der Waals surface area contributed by atoms with Crippen molar-refractivity contribution in [1.82, 2.24) is 8.96 Å². The zero-order valence-electron chi connectivity index (χ0n) is 37.7. The number of hydrogen-bond donors (Lipinski definition) is 1. The van der Waals surface area contributed by atoms with Gasteiger partial charge < -0.3 is 24.1 Å². The first kappa shape index (κ1) is 38.4. The van der Waals surface area contributed by atoms with Crippen molar-refractivity contribution >= 4 is 119 Å². The average molecular weight is 840 g/mol. The van der Waals surface area contributed by atoms with Crippen LogP contribution in [0.1, 0.15) is 58.9 Å². The Morgan fingerprint density at radius 3 is 1.55 bits per heavy atom. The van der Waals surface area contributed by atoms with Gasteiger partial charge in [-0.2, -0.15) is 0 Å². The molecule has 0 spiro atoms. The highest BCUT2D eigenvalue weighted by atomic mass is 15.2. The third kappa shape index (κ3) is 5.18. The average Bonchev–Trinajstić information content (AvgIpc) is 3.88. The molecule has 7 heteroatoms. The number of benzene rings is 8. The standard InChI is InChI=1S/C56H45B2N5.C2H6/c1-3-5-17-35-26-28-43-47(31-35)60(37-18-9-7-10-19-37)49-34-50-54-51-52-55-41(39-22-13-15-24-45(39)62(55)57(43)53(49)51)33-42-40-23-14-16-25-46(40)63(56(42)52)58(54)44-29-27-36(59-30-6-4-2)32-48(44)61(50)38-20-11-8-12-21-38;1-2/h7-16,18-29,31-34,59H,3-6,17,30H2,1-2H3;1-2H3. The van der Waals surface area contributed by atoms with Gasteiger partial charge >= 0.3 is 13.7 Å². The Balaban J connectivity index is 0.00000209. The number of rotatable bonds is 9. The third-order valence-corrected chi connectivity index (χ3v) is 14.7. The maximum Gasteiger partial charge on any atom is 0.333 e. The number of aromatic nitrogens is 2. The number of fused-ring (bicyclic) bond motifs is 12. The number of unbranched alkanes of at least 4 members (excludes halogenated alkanes) is 2. The molecular formula is C58H51B2N5. The van der Waals surface area contributed by atoms with Gasteiger partial charge in [-0.25, -0.2) is 0 Å². The topological polar surface area (TPSA) is 28.4 Å². The van der Waals surface area contributed by atoms with Crippen LogP contribution in [0.3, 0.4) is 0 Å². The Morgan fingerprint density at radius 1 is 0.462 bits per heavy atom. The lowest BCUT2D eigenvalue weighted by atomic mass is 9.39. The van der Waals surface area contributed by atoms with Crippen molar-refractivity contribution in [1.29, 1.82) is 0 Å². The molecule has 14 rings (SSSR count). The molecule has 0 saturated carbocycles. The van der Waals surface area contributed by atoms with Crippen molar-refractivity contribution in [3.63, 3.8) is 0 Å². The van der Waals surface area contributed by atoms with Crippen molar-refractivity contribution in [3.05, 3.63) is 163 Å². The van der Waals surface area contributed by atoms with E-state index in [0.29, 0.717) is 0 Å². The van der Waals surface area contributed by atoms with Crippen molar-refractivity contribution < 1.29 is 0 Å². The van der Waals surface area contributed by atoms with Gasteiger partial charge in [-0.15, -0.1) is 0 Å². The van der Waals surface area contributed by atoms with Crippen LogP contribution in [0.5, 0.6) is 0 Å². The fourth-order valence-corrected chi connectivity index (χ4v) is 12.1. The zero-order valence-corrected chi connectivity index (χ0v) is 37.7. The summed E-state index contributed by atoms with van der Waals surface area (Å²) in [6.45, 7) is 9.46. The lowest BCUT2D eigenvalue weighted by Crippen LogP contribution is -2.63. The number of nitrogens with one attached hydrogen (secondary N) is 1. The first-order valence-corrected chi connectivity index (χ1v) is 24.1. The minimum absolute atomic E-state index is 0.0175. The van der Waals surface area contributed by atoms with Gasteiger partial charge in [0.1, 0.15) is 0 Å². The normalized spacial score (nSPS) is 13.5. The van der Waals surface area contributed by atoms with Crippen LogP contribution in [-0.2, 0) is 6.42 Å². The lowest BCUT2D eigenvalue weighted by Gasteiger charge is -2.47. The first-order valence-electron chi connectivity index (χ1n) is 24.1. The fourth-order valence-electron chi connectivity index (χ4n) is 12.1. The van der Waals surface area contributed by atoms with E-state index in [4.69, 9.17) is 0 Å². The highest BCUT2D eigenvalue weighted by molar-refractivity contribution is 6.95. The van der Waals surface area contributed by atoms with Gasteiger partial charge in [0.2, 0.25) is 0 Å². The van der Waals surface area contributed by atoms with Crippen LogP contribution in [0.2, 0.25) is 0 Å². The fraction of sp³-hybridized carbons (Fsp3) is 0.172. The summed E-state index contributed by atoms with van der Waals surface area (Å²) in [6, 6.07) is 60.4. The van der Waals surface area contributed by atoms with E-state index in [2.05, 4.69) is 196 Å². The Labute approximate surface area is 382 Å². The van der Waals surface area contributed by atoms with Crippen LogP contribution < -0.4 is 37.0 Å². The molecule has 1 N–H and O–H groups in total. The quantitative estimate of drug-likeness (QED) is 0.116. The van der Waals surface area contributed by atoms with E-state index in [9.17, 15) is 0 Å². The number of aryl methyl sites for hydroxylation is 1. The molecule has 5 nitrogen and oxygen atoms in total. The molecule has 65 heavy (non-hydrogen) atoms. The van der Waals surface area contributed by atoms with Gasteiger partial charge in [0, 0.05) is 95.5 Å². The van der Waals surface area contributed by atoms with E-state index in [-0.39, 0.29) is 13.7 Å². The van der Waals surface area contributed by atoms with E-state index in [1.54, 1.807) is 0 Å². The summed E-state index contributed by atoms with van der Waals surface area (Å²) < 4.78 is 5.48. The second-order valence-corrected chi connectivity index (χ2v) is 18.1. The van der Waals surface area contributed by atoms with Crippen LogP contribution in [0, 0.1) is 0 Å². The summed E-state index contributed by atoms with van der Waals surface area (Å²) in [5, 5.41) is 9.12. The molecule has 0 fully saturated rings. The Hall–Kier alpha value is -7.11. The molecule has 0 unspecified atom stereocenters. The molecule has 0 saturated heterocycles. The van der Waals surface area contributed by atoms with Gasteiger partial charge in [0.25, 0.3) is 0 Å². The molecule has 0 aliphatic carbocycles. The van der Waals surface area contributed by atoms with E-state index >= 15 is 0 Å². The monoisotopic (exact) mass is 839 g/mol. The smallest absolute Gasteiger partial charge is 0.333 e. The molecule has 2 aromatic heterocycles. The molecule has 0 amide bonds. The van der Waals surface area contributed by atoms with Gasteiger partial charge in [0.15, 0.2) is 0 Å². The Morgan fingerprint density at radius 2 is 0.985 bits per heavy atom. The minimum atomic E-state index is -0.0353. The zero-order chi connectivity index (χ0) is 43.5. The van der Waals surface area contributed by atoms with Crippen LogP contribution >= 0.6 is 0 Å². The molecule has 0 radical (unpaired) electrons.